The van der Waals surface area contributed by atoms with E-state index in [1.54, 1.807) is 0 Å². The van der Waals surface area contributed by atoms with Gasteiger partial charge in [-0.2, -0.15) is 0 Å². The van der Waals surface area contributed by atoms with Crippen LogP contribution in [0.2, 0.25) is 0 Å². The van der Waals surface area contributed by atoms with Crippen LogP contribution in [0.4, 0.5) is 0 Å². The van der Waals surface area contributed by atoms with Gasteiger partial charge < -0.3 is 0 Å². The van der Waals surface area contributed by atoms with E-state index in [-0.39, 0.29) is 0 Å². The molecule has 1 heteroatoms. The molecule has 1 saturated carbocycles. The van der Waals surface area contributed by atoms with Crippen LogP contribution in [-0.4, -0.2) is 23.5 Å². The van der Waals surface area contributed by atoms with Gasteiger partial charge in [-0.05, 0) is 58.4 Å². The van der Waals surface area contributed by atoms with Gasteiger partial charge in [0.2, 0.25) is 0 Å². The predicted octanol–water partition coefficient (Wildman–Crippen LogP) is 3.30. The fourth-order valence-electron chi connectivity index (χ4n) is 3.18. The molecule has 2 fully saturated rings. The smallest absolute Gasteiger partial charge is 0.0125 e. The van der Waals surface area contributed by atoms with E-state index in [0.717, 1.165) is 11.8 Å². The Labute approximate surface area is 88.9 Å². The van der Waals surface area contributed by atoms with Crippen LogP contribution in [0.1, 0.15) is 52.9 Å². The minimum atomic E-state index is 0.386. The Morgan fingerprint density at radius 3 is 2.43 bits per heavy atom. The zero-order valence-corrected chi connectivity index (χ0v) is 10.1. The molecule has 0 spiro atoms. The van der Waals surface area contributed by atoms with E-state index < -0.39 is 0 Å². The van der Waals surface area contributed by atoms with Gasteiger partial charge >= 0.3 is 0 Å². The molecule has 2 aliphatic rings. The van der Waals surface area contributed by atoms with E-state index in [1.807, 2.05) is 0 Å². The number of rotatable bonds is 0. The van der Waals surface area contributed by atoms with Crippen LogP contribution in [0, 0.1) is 11.8 Å². The topological polar surface area (TPSA) is 3.24 Å². The first-order valence-corrected chi connectivity index (χ1v) is 6.31. The van der Waals surface area contributed by atoms with Crippen molar-refractivity contribution in [1.82, 2.24) is 4.90 Å². The van der Waals surface area contributed by atoms with E-state index in [1.165, 1.54) is 45.2 Å². The van der Waals surface area contributed by atoms with Gasteiger partial charge in [0.25, 0.3) is 0 Å². The normalized spacial score (nSPS) is 35.4. The Morgan fingerprint density at radius 1 is 1.00 bits per heavy atom. The Kier molecular flexibility index (Phi) is 2.88. The third-order valence-corrected chi connectivity index (χ3v) is 4.13. The molecule has 2 rings (SSSR count). The van der Waals surface area contributed by atoms with Gasteiger partial charge in [-0.25, -0.2) is 0 Å². The van der Waals surface area contributed by atoms with Crippen LogP contribution in [0.15, 0.2) is 0 Å². The lowest BCUT2D eigenvalue weighted by Gasteiger charge is -2.36. The van der Waals surface area contributed by atoms with Crippen molar-refractivity contribution in [2.45, 2.75) is 58.4 Å². The maximum absolute atomic E-state index is 2.71. The molecule has 1 saturated heterocycles. The molecule has 0 aromatic rings. The highest BCUT2D eigenvalue weighted by molar-refractivity contribution is 4.85. The average Bonchev–Trinajstić information content (AvgIpc) is 2.24. The summed E-state index contributed by atoms with van der Waals surface area (Å²) in [5.74, 6) is 2.07. The Bertz CT molecular complexity index is 192. The quantitative estimate of drug-likeness (QED) is 0.573. The lowest BCUT2D eigenvalue weighted by atomic mass is 9.81. The van der Waals surface area contributed by atoms with Gasteiger partial charge in [0.1, 0.15) is 0 Å². The minimum Gasteiger partial charge on any atom is -0.298 e. The third kappa shape index (κ3) is 2.31. The molecule has 1 aliphatic heterocycles. The average molecular weight is 195 g/mol. The fourth-order valence-corrected chi connectivity index (χ4v) is 3.18. The second-order valence-corrected chi connectivity index (χ2v) is 6.30. The molecule has 0 N–H and O–H groups in total. The standard InChI is InChI=1S/C13H25N/c1-13(2,3)14-8-7-11-5-4-6-12(9-11)10-14/h11-12H,4-10H2,1-3H3. The molecule has 0 amide bonds. The zero-order chi connectivity index (χ0) is 10.2. The molecule has 2 atom stereocenters. The summed E-state index contributed by atoms with van der Waals surface area (Å²) in [5.41, 5.74) is 0.386. The highest BCUT2D eigenvalue weighted by atomic mass is 15.2. The maximum atomic E-state index is 2.71. The molecule has 0 radical (unpaired) electrons. The van der Waals surface area contributed by atoms with Crippen molar-refractivity contribution >= 4 is 0 Å². The summed E-state index contributed by atoms with van der Waals surface area (Å²) >= 11 is 0. The van der Waals surface area contributed by atoms with Crippen molar-refractivity contribution in [1.29, 1.82) is 0 Å². The molecule has 1 nitrogen and oxygen atoms in total. The molecule has 1 heterocycles. The second kappa shape index (κ2) is 3.84. The summed E-state index contributed by atoms with van der Waals surface area (Å²) in [7, 11) is 0. The summed E-state index contributed by atoms with van der Waals surface area (Å²) in [6.45, 7) is 9.79. The van der Waals surface area contributed by atoms with Crippen molar-refractivity contribution in [3.05, 3.63) is 0 Å². The maximum Gasteiger partial charge on any atom is 0.0125 e. The van der Waals surface area contributed by atoms with Crippen LogP contribution in [0.3, 0.4) is 0 Å². The lowest BCUT2D eigenvalue weighted by molar-refractivity contribution is 0.121. The van der Waals surface area contributed by atoms with Crippen LogP contribution >= 0.6 is 0 Å². The molecular formula is C13H25N. The van der Waals surface area contributed by atoms with Gasteiger partial charge in [-0.3, -0.25) is 4.90 Å². The van der Waals surface area contributed by atoms with Gasteiger partial charge in [0.05, 0.1) is 0 Å². The van der Waals surface area contributed by atoms with E-state index >= 15 is 0 Å². The second-order valence-electron chi connectivity index (χ2n) is 6.30. The number of nitrogens with zero attached hydrogens (tertiary/aromatic N) is 1. The van der Waals surface area contributed by atoms with Crippen molar-refractivity contribution in [2.75, 3.05) is 13.1 Å². The van der Waals surface area contributed by atoms with Crippen LogP contribution in [-0.2, 0) is 0 Å². The molecule has 1 aliphatic carbocycles. The SMILES string of the molecule is CC(C)(C)N1CCC2CCCC(C2)C1. The predicted molar refractivity (Wildman–Crippen MR) is 61.4 cm³/mol. The van der Waals surface area contributed by atoms with Gasteiger partial charge in [-0.1, -0.05) is 12.8 Å². The first-order valence-electron chi connectivity index (χ1n) is 6.31. The third-order valence-electron chi connectivity index (χ3n) is 4.13. The van der Waals surface area contributed by atoms with Crippen molar-refractivity contribution in [2.24, 2.45) is 11.8 Å². The van der Waals surface area contributed by atoms with E-state index in [0.29, 0.717) is 5.54 Å². The summed E-state index contributed by atoms with van der Waals surface area (Å²) in [4.78, 5) is 2.71. The molecule has 0 aromatic heterocycles. The van der Waals surface area contributed by atoms with Gasteiger partial charge in [0.15, 0.2) is 0 Å². The van der Waals surface area contributed by atoms with Crippen molar-refractivity contribution in [3.8, 4) is 0 Å². The lowest BCUT2D eigenvalue weighted by Crippen LogP contribution is -2.43. The van der Waals surface area contributed by atoms with Gasteiger partial charge in [0, 0.05) is 12.1 Å². The molecule has 0 aromatic carbocycles. The van der Waals surface area contributed by atoms with Crippen LogP contribution in [0.5, 0.6) is 0 Å². The van der Waals surface area contributed by atoms with Gasteiger partial charge in [-0.15, -0.1) is 0 Å². The Hall–Kier alpha value is -0.0400. The number of fused-ring (bicyclic) bond motifs is 2. The Morgan fingerprint density at radius 2 is 1.71 bits per heavy atom. The van der Waals surface area contributed by atoms with E-state index in [2.05, 4.69) is 25.7 Å². The van der Waals surface area contributed by atoms with Crippen LogP contribution < -0.4 is 0 Å². The minimum absolute atomic E-state index is 0.386. The number of hydrogen-bond acceptors (Lipinski definition) is 1. The largest absolute Gasteiger partial charge is 0.298 e. The van der Waals surface area contributed by atoms with E-state index in [9.17, 15) is 0 Å². The summed E-state index contributed by atoms with van der Waals surface area (Å²) in [6.07, 6.45) is 7.46. The summed E-state index contributed by atoms with van der Waals surface area (Å²) in [6, 6.07) is 0. The first kappa shape index (κ1) is 10.5. The van der Waals surface area contributed by atoms with E-state index in [4.69, 9.17) is 0 Å². The molecular weight excluding hydrogens is 170 g/mol. The fraction of sp³-hybridized carbons (Fsp3) is 1.00. The first-order chi connectivity index (χ1) is 6.55. The molecule has 82 valence electrons. The van der Waals surface area contributed by atoms with Crippen molar-refractivity contribution < 1.29 is 0 Å². The number of hydrogen-bond donors (Lipinski definition) is 0. The summed E-state index contributed by atoms with van der Waals surface area (Å²) < 4.78 is 0. The molecule has 14 heavy (non-hydrogen) atoms. The van der Waals surface area contributed by atoms with Crippen LogP contribution in [0.25, 0.3) is 0 Å². The number of likely N-dealkylation sites (tertiary alicyclic amines) is 1. The highest BCUT2D eigenvalue weighted by Crippen LogP contribution is 2.36. The molecule has 2 unspecified atom stereocenters. The monoisotopic (exact) mass is 195 g/mol. The molecule has 2 bridgehead atoms. The Balaban J connectivity index is 2.02. The summed E-state index contributed by atoms with van der Waals surface area (Å²) in [5, 5.41) is 0. The van der Waals surface area contributed by atoms with Crippen molar-refractivity contribution in [3.63, 3.8) is 0 Å². The zero-order valence-electron chi connectivity index (χ0n) is 10.1. The highest BCUT2D eigenvalue weighted by Gasteiger charge is 2.31.